The largest absolute Gasteiger partial charge is 0.478 e. The highest BCUT2D eigenvalue weighted by Crippen LogP contribution is 2.34. The number of carbonyl (C=O) groups is 1. The van der Waals surface area contributed by atoms with E-state index < -0.39 is 5.97 Å². The molecule has 29 heavy (non-hydrogen) atoms. The second-order valence-corrected chi connectivity index (χ2v) is 7.38. The lowest BCUT2D eigenvalue weighted by Crippen LogP contribution is -2.20. The maximum absolute atomic E-state index is 13.1. The molecule has 1 N–H and O–H groups in total. The van der Waals surface area contributed by atoms with Crippen molar-refractivity contribution in [2.45, 2.75) is 25.7 Å². The number of aromatic carboxylic acids is 1. The van der Waals surface area contributed by atoms with E-state index >= 15 is 0 Å². The number of rotatable bonds is 5. The van der Waals surface area contributed by atoms with Gasteiger partial charge in [0.25, 0.3) is 0 Å². The summed E-state index contributed by atoms with van der Waals surface area (Å²) < 4.78 is 13.1. The summed E-state index contributed by atoms with van der Waals surface area (Å²) in [5.41, 5.74) is 4.41. The van der Waals surface area contributed by atoms with Crippen LogP contribution >= 0.6 is 0 Å². The van der Waals surface area contributed by atoms with Gasteiger partial charge in [0.15, 0.2) is 0 Å². The molecule has 0 saturated carbocycles. The van der Waals surface area contributed by atoms with Gasteiger partial charge in [-0.2, -0.15) is 0 Å². The van der Waals surface area contributed by atoms with Gasteiger partial charge in [-0.1, -0.05) is 43.3 Å². The van der Waals surface area contributed by atoms with Gasteiger partial charge in [0, 0.05) is 19.0 Å². The molecule has 1 aliphatic heterocycles. The van der Waals surface area contributed by atoms with Gasteiger partial charge in [0.05, 0.1) is 11.8 Å². The minimum Gasteiger partial charge on any atom is -0.478 e. The van der Waals surface area contributed by atoms with Crippen LogP contribution in [0.1, 0.15) is 40.7 Å². The summed E-state index contributed by atoms with van der Waals surface area (Å²) in [6.07, 6.45) is 2.94. The van der Waals surface area contributed by atoms with Gasteiger partial charge in [-0.05, 0) is 53.3 Å². The van der Waals surface area contributed by atoms with Gasteiger partial charge in [0.2, 0.25) is 0 Å². The summed E-state index contributed by atoms with van der Waals surface area (Å²) >= 11 is 0. The molecule has 5 heteroatoms. The van der Waals surface area contributed by atoms with Crippen LogP contribution in [-0.2, 0) is 6.42 Å². The fourth-order valence-corrected chi connectivity index (χ4v) is 4.15. The van der Waals surface area contributed by atoms with Crippen LogP contribution in [0.15, 0.2) is 60.8 Å². The van der Waals surface area contributed by atoms with Crippen molar-refractivity contribution >= 4 is 11.8 Å². The predicted octanol–water partition coefficient (Wildman–Crippen LogP) is 5.14. The number of nitrogens with zero attached hydrogens (tertiary/aromatic N) is 2. The maximum Gasteiger partial charge on any atom is 0.335 e. The number of anilines is 1. The summed E-state index contributed by atoms with van der Waals surface area (Å²) in [6.45, 7) is 3.54. The van der Waals surface area contributed by atoms with Gasteiger partial charge in [-0.15, -0.1) is 0 Å². The molecule has 2 aromatic carbocycles. The molecule has 0 radical (unpaired) electrons. The standard InChI is InChI=1S/C24H23FN2O2/c1-2-16-5-3-4-6-20(16)17-7-9-21(22(13-17)24(28)29)18-11-12-27(15-18)23-10-8-19(25)14-26-23/h3-10,13-14,18H,2,11-12,15H2,1H3,(H,28,29). The van der Waals surface area contributed by atoms with Crippen molar-refractivity contribution in [3.8, 4) is 11.1 Å². The Morgan fingerprint density at radius 3 is 2.76 bits per heavy atom. The third kappa shape index (κ3) is 3.86. The van der Waals surface area contributed by atoms with Crippen molar-refractivity contribution in [3.63, 3.8) is 0 Å². The third-order valence-corrected chi connectivity index (χ3v) is 5.66. The lowest BCUT2D eigenvalue weighted by atomic mass is 9.89. The smallest absolute Gasteiger partial charge is 0.335 e. The predicted molar refractivity (Wildman–Crippen MR) is 112 cm³/mol. The minimum absolute atomic E-state index is 0.100. The summed E-state index contributed by atoms with van der Waals surface area (Å²) in [7, 11) is 0. The molecule has 0 bridgehead atoms. The first-order valence-corrected chi connectivity index (χ1v) is 9.89. The Hall–Kier alpha value is -3.21. The van der Waals surface area contributed by atoms with Crippen molar-refractivity contribution < 1.29 is 14.3 Å². The van der Waals surface area contributed by atoms with E-state index in [1.165, 1.54) is 17.8 Å². The average Bonchev–Trinajstić information content (AvgIpc) is 3.24. The highest BCUT2D eigenvalue weighted by Gasteiger charge is 2.28. The summed E-state index contributed by atoms with van der Waals surface area (Å²) in [5, 5.41) is 9.87. The molecule has 1 aromatic heterocycles. The Morgan fingerprint density at radius 2 is 2.03 bits per heavy atom. The Bertz CT molecular complexity index is 1030. The van der Waals surface area contributed by atoms with Gasteiger partial charge >= 0.3 is 5.97 Å². The molecule has 148 valence electrons. The Kier molecular flexibility index (Phi) is 5.30. The van der Waals surface area contributed by atoms with Gasteiger partial charge in [0.1, 0.15) is 11.6 Å². The van der Waals surface area contributed by atoms with Crippen LogP contribution in [0.2, 0.25) is 0 Å². The Labute approximate surface area is 169 Å². The van der Waals surface area contributed by atoms with E-state index in [2.05, 4.69) is 22.9 Å². The third-order valence-electron chi connectivity index (χ3n) is 5.66. The zero-order chi connectivity index (χ0) is 20.4. The molecule has 2 heterocycles. The maximum atomic E-state index is 13.1. The number of hydrogen-bond acceptors (Lipinski definition) is 3. The molecule has 0 spiro atoms. The summed E-state index contributed by atoms with van der Waals surface area (Å²) in [5.74, 6) is -0.447. The first-order chi connectivity index (χ1) is 14.1. The van der Waals surface area contributed by atoms with Crippen LogP contribution in [0.25, 0.3) is 11.1 Å². The molecule has 0 amide bonds. The molecule has 0 aliphatic carbocycles. The summed E-state index contributed by atoms with van der Waals surface area (Å²) in [4.78, 5) is 18.3. The van der Waals surface area contributed by atoms with Gasteiger partial charge in [-0.3, -0.25) is 0 Å². The van der Waals surface area contributed by atoms with Crippen LogP contribution in [0.3, 0.4) is 0 Å². The monoisotopic (exact) mass is 390 g/mol. The molecule has 4 rings (SSSR count). The normalized spacial score (nSPS) is 16.2. The molecule has 1 unspecified atom stereocenters. The molecular formula is C24H23FN2O2. The number of hydrogen-bond donors (Lipinski definition) is 1. The van der Waals surface area contributed by atoms with Crippen molar-refractivity contribution in [1.29, 1.82) is 0 Å². The minimum atomic E-state index is -0.908. The number of benzene rings is 2. The van der Waals surface area contributed by atoms with Crippen LogP contribution < -0.4 is 4.90 Å². The van der Waals surface area contributed by atoms with Crippen LogP contribution in [0, 0.1) is 5.82 Å². The molecule has 1 saturated heterocycles. The van der Waals surface area contributed by atoms with E-state index in [0.29, 0.717) is 12.1 Å². The molecule has 1 fully saturated rings. The highest BCUT2D eigenvalue weighted by atomic mass is 19.1. The van der Waals surface area contributed by atoms with Crippen molar-refractivity contribution in [1.82, 2.24) is 4.98 Å². The lowest BCUT2D eigenvalue weighted by molar-refractivity contribution is 0.0695. The van der Waals surface area contributed by atoms with Crippen molar-refractivity contribution in [2.75, 3.05) is 18.0 Å². The zero-order valence-corrected chi connectivity index (χ0v) is 16.3. The van der Waals surface area contributed by atoms with E-state index in [9.17, 15) is 14.3 Å². The average molecular weight is 390 g/mol. The second-order valence-electron chi connectivity index (χ2n) is 7.38. The number of carboxylic acids is 1. The second kappa shape index (κ2) is 8.03. The molecule has 4 nitrogen and oxygen atoms in total. The first-order valence-electron chi connectivity index (χ1n) is 9.89. The molecular weight excluding hydrogens is 367 g/mol. The van der Waals surface area contributed by atoms with Crippen molar-refractivity contribution in [2.24, 2.45) is 0 Å². The Morgan fingerprint density at radius 1 is 1.21 bits per heavy atom. The number of aryl methyl sites for hydroxylation is 1. The lowest BCUT2D eigenvalue weighted by Gasteiger charge is -2.19. The van der Waals surface area contributed by atoms with Crippen LogP contribution in [-0.4, -0.2) is 29.1 Å². The number of pyridine rings is 1. The van der Waals surface area contributed by atoms with Crippen LogP contribution in [0.4, 0.5) is 10.2 Å². The van der Waals surface area contributed by atoms with E-state index in [0.717, 1.165) is 41.9 Å². The summed E-state index contributed by atoms with van der Waals surface area (Å²) in [6, 6.07) is 16.9. The van der Waals surface area contributed by atoms with Crippen LogP contribution in [0.5, 0.6) is 0 Å². The van der Waals surface area contributed by atoms with E-state index in [4.69, 9.17) is 0 Å². The zero-order valence-electron chi connectivity index (χ0n) is 16.3. The molecule has 1 aliphatic rings. The molecule has 1 atom stereocenters. The van der Waals surface area contributed by atoms with Gasteiger partial charge < -0.3 is 10.0 Å². The van der Waals surface area contributed by atoms with E-state index in [-0.39, 0.29) is 11.7 Å². The highest BCUT2D eigenvalue weighted by molar-refractivity contribution is 5.91. The van der Waals surface area contributed by atoms with Crippen molar-refractivity contribution in [3.05, 3.63) is 83.3 Å². The Balaban J connectivity index is 1.64. The molecule has 3 aromatic rings. The topological polar surface area (TPSA) is 53.4 Å². The fourth-order valence-electron chi connectivity index (χ4n) is 4.15. The van der Waals surface area contributed by atoms with E-state index in [1.807, 2.05) is 30.3 Å². The first kappa shape index (κ1) is 19.1. The SMILES string of the molecule is CCc1ccccc1-c1ccc(C2CCN(c3ccc(F)cn3)C2)c(C(=O)O)c1. The van der Waals surface area contributed by atoms with E-state index in [1.54, 1.807) is 12.1 Å². The number of aromatic nitrogens is 1. The quantitative estimate of drug-likeness (QED) is 0.655. The number of halogens is 1. The number of carboxylic acid groups (broad SMARTS) is 1. The fraction of sp³-hybridized carbons (Fsp3) is 0.250. The van der Waals surface area contributed by atoms with Gasteiger partial charge in [-0.25, -0.2) is 14.2 Å².